The van der Waals surface area contributed by atoms with Gasteiger partial charge in [-0.2, -0.15) is 0 Å². The fourth-order valence-electron chi connectivity index (χ4n) is 3.29. The van der Waals surface area contributed by atoms with E-state index in [1.807, 2.05) is 30.5 Å². The molecule has 4 rings (SSSR count). The Kier molecular flexibility index (Phi) is 3.38. The standard InChI is InChI=1S/C20H17NO3/c1-22-18-10-15-14(19(23-2)20(18)24-3)9-8-12-13-6-4-5-7-17(13)21-11-16(12)15/h4-11H,1-3H3. The maximum Gasteiger partial charge on any atom is 0.203 e. The first-order valence-corrected chi connectivity index (χ1v) is 7.67. The number of ether oxygens (including phenoxy) is 3. The van der Waals surface area contributed by atoms with Gasteiger partial charge in [-0.1, -0.05) is 24.3 Å². The highest BCUT2D eigenvalue weighted by Crippen LogP contribution is 2.45. The molecule has 1 aromatic heterocycles. The molecule has 0 aliphatic carbocycles. The van der Waals surface area contributed by atoms with Crippen molar-refractivity contribution in [2.24, 2.45) is 0 Å². The molecule has 0 aliphatic rings. The van der Waals surface area contributed by atoms with Crippen molar-refractivity contribution < 1.29 is 14.2 Å². The van der Waals surface area contributed by atoms with Crippen molar-refractivity contribution >= 4 is 32.4 Å². The van der Waals surface area contributed by atoms with Crippen molar-refractivity contribution in [1.29, 1.82) is 0 Å². The lowest BCUT2D eigenvalue weighted by Crippen LogP contribution is -1.96. The van der Waals surface area contributed by atoms with Crippen LogP contribution in [0.3, 0.4) is 0 Å². The summed E-state index contributed by atoms with van der Waals surface area (Å²) in [5.41, 5.74) is 0.983. The van der Waals surface area contributed by atoms with E-state index in [1.54, 1.807) is 21.3 Å². The zero-order valence-electron chi connectivity index (χ0n) is 13.8. The number of pyridine rings is 1. The molecule has 4 nitrogen and oxygen atoms in total. The second kappa shape index (κ2) is 5.57. The normalized spacial score (nSPS) is 11.1. The number of hydrogen-bond acceptors (Lipinski definition) is 4. The summed E-state index contributed by atoms with van der Waals surface area (Å²) in [7, 11) is 4.88. The van der Waals surface area contributed by atoms with Crippen LogP contribution in [0.25, 0.3) is 32.4 Å². The van der Waals surface area contributed by atoms with Crippen molar-refractivity contribution in [3.8, 4) is 17.2 Å². The van der Waals surface area contributed by atoms with Gasteiger partial charge >= 0.3 is 0 Å². The molecule has 0 fully saturated rings. The van der Waals surface area contributed by atoms with Crippen LogP contribution >= 0.6 is 0 Å². The summed E-state index contributed by atoms with van der Waals surface area (Å²) in [4.78, 5) is 4.60. The Balaban J connectivity index is 2.20. The molecule has 0 bridgehead atoms. The maximum atomic E-state index is 5.60. The lowest BCUT2D eigenvalue weighted by Gasteiger charge is -2.16. The first kappa shape index (κ1) is 14.6. The molecule has 0 radical (unpaired) electrons. The Bertz CT molecular complexity index is 1070. The van der Waals surface area contributed by atoms with E-state index >= 15 is 0 Å². The molecular weight excluding hydrogens is 302 g/mol. The second-order valence-corrected chi connectivity index (χ2v) is 5.54. The molecule has 4 heteroatoms. The van der Waals surface area contributed by atoms with Crippen LogP contribution in [-0.4, -0.2) is 26.3 Å². The number of fused-ring (bicyclic) bond motifs is 5. The third-order valence-corrected chi connectivity index (χ3v) is 4.39. The van der Waals surface area contributed by atoms with Crippen LogP contribution in [0.4, 0.5) is 0 Å². The van der Waals surface area contributed by atoms with Crippen molar-refractivity contribution in [1.82, 2.24) is 4.98 Å². The highest BCUT2D eigenvalue weighted by atomic mass is 16.5. The molecule has 0 unspecified atom stereocenters. The van der Waals surface area contributed by atoms with E-state index in [2.05, 4.69) is 23.2 Å². The van der Waals surface area contributed by atoms with Gasteiger partial charge in [0.15, 0.2) is 11.5 Å². The Hall–Kier alpha value is -3.01. The number of benzene rings is 3. The highest BCUT2D eigenvalue weighted by Gasteiger charge is 2.17. The Labute approximate surface area is 139 Å². The van der Waals surface area contributed by atoms with Crippen LogP contribution in [0, 0.1) is 0 Å². The van der Waals surface area contributed by atoms with E-state index in [-0.39, 0.29) is 0 Å². The molecule has 0 saturated heterocycles. The second-order valence-electron chi connectivity index (χ2n) is 5.54. The van der Waals surface area contributed by atoms with Gasteiger partial charge in [-0.05, 0) is 29.0 Å². The number of nitrogens with zero attached hydrogens (tertiary/aromatic N) is 1. The minimum Gasteiger partial charge on any atom is -0.493 e. The molecule has 1 heterocycles. The molecule has 3 aromatic carbocycles. The molecule has 0 amide bonds. The van der Waals surface area contributed by atoms with Crippen LogP contribution < -0.4 is 14.2 Å². The van der Waals surface area contributed by atoms with E-state index < -0.39 is 0 Å². The Morgan fingerprint density at radius 1 is 0.667 bits per heavy atom. The summed E-state index contributed by atoms with van der Waals surface area (Å²) in [5.74, 6) is 1.91. The largest absolute Gasteiger partial charge is 0.493 e. The number of methoxy groups -OCH3 is 3. The average Bonchev–Trinajstić information content (AvgIpc) is 2.65. The fourth-order valence-corrected chi connectivity index (χ4v) is 3.29. The lowest BCUT2D eigenvalue weighted by atomic mass is 9.99. The van der Waals surface area contributed by atoms with Crippen molar-refractivity contribution in [3.63, 3.8) is 0 Å². The average molecular weight is 319 g/mol. The Morgan fingerprint density at radius 2 is 1.42 bits per heavy atom. The monoisotopic (exact) mass is 319 g/mol. The van der Waals surface area contributed by atoms with E-state index in [1.165, 1.54) is 0 Å². The minimum absolute atomic E-state index is 0.598. The summed E-state index contributed by atoms with van der Waals surface area (Å²) in [6.07, 6.45) is 1.91. The summed E-state index contributed by atoms with van der Waals surface area (Å²) in [6, 6.07) is 14.3. The van der Waals surface area contributed by atoms with Crippen LogP contribution in [0.1, 0.15) is 0 Å². The fraction of sp³-hybridized carbons (Fsp3) is 0.150. The lowest BCUT2D eigenvalue weighted by molar-refractivity contribution is 0.327. The van der Waals surface area contributed by atoms with Crippen LogP contribution in [0.15, 0.2) is 48.7 Å². The highest BCUT2D eigenvalue weighted by molar-refractivity contribution is 6.17. The maximum absolute atomic E-state index is 5.60. The van der Waals surface area contributed by atoms with E-state index in [4.69, 9.17) is 14.2 Å². The minimum atomic E-state index is 0.598. The first-order valence-electron chi connectivity index (χ1n) is 7.67. The number of para-hydroxylation sites is 1. The quantitative estimate of drug-likeness (QED) is 0.519. The molecule has 0 spiro atoms. The van der Waals surface area contributed by atoms with Crippen molar-refractivity contribution in [3.05, 3.63) is 48.7 Å². The number of rotatable bonds is 3. The third kappa shape index (κ3) is 1.96. The van der Waals surface area contributed by atoms with Gasteiger partial charge < -0.3 is 14.2 Å². The molecular formula is C20H17NO3. The van der Waals surface area contributed by atoms with Gasteiger partial charge in [-0.3, -0.25) is 4.98 Å². The smallest absolute Gasteiger partial charge is 0.203 e. The van der Waals surface area contributed by atoms with Crippen molar-refractivity contribution in [2.75, 3.05) is 21.3 Å². The van der Waals surface area contributed by atoms with Crippen LogP contribution in [0.5, 0.6) is 17.2 Å². The van der Waals surface area contributed by atoms with Gasteiger partial charge in [-0.25, -0.2) is 0 Å². The van der Waals surface area contributed by atoms with E-state index in [0.29, 0.717) is 17.2 Å². The first-order chi connectivity index (χ1) is 11.8. The molecule has 0 atom stereocenters. The SMILES string of the molecule is COc1cc2c(ccc3c4ccccc4ncc23)c(OC)c1OC. The van der Waals surface area contributed by atoms with Gasteiger partial charge in [-0.15, -0.1) is 0 Å². The number of aromatic nitrogens is 1. The van der Waals surface area contributed by atoms with Gasteiger partial charge in [0.1, 0.15) is 0 Å². The Morgan fingerprint density at radius 3 is 2.17 bits per heavy atom. The predicted molar refractivity (Wildman–Crippen MR) is 96.4 cm³/mol. The topological polar surface area (TPSA) is 40.6 Å². The zero-order chi connectivity index (χ0) is 16.7. The van der Waals surface area contributed by atoms with Crippen LogP contribution in [-0.2, 0) is 0 Å². The summed E-state index contributed by atoms with van der Waals surface area (Å²) in [5, 5.41) is 5.35. The van der Waals surface area contributed by atoms with Gasteiger partial charge in [0, 0.05) is 22.4 Å². The van der Waals surface area contributed by atoms with Crippen LogP contribution in [0.2, 0.25) is 0 Å². The molecule has 0 aliphatic heterocycles. The van der Waals surface area contributed by atoms with E-state index in [0.717, 1.165) is 32.4 Å². The van der Waals surface area contributed by atoms with Gasteiger partial charge in [0.2, 0.25) is 5.75 Å². The zero-order valence-corrected chi connectivity index (χ0v) is 13.8. The molecule has 24 heavy (non-hydrogen) atoms. The summed E-state index contributed by atoms with van der Waals surface area (Å²) < 4.78 is 16.6. The third-order valence-electron chi connectivity index (χ3n) is 4.39. The van der Waals surface area contributed by atoms with E-state index in [9.17, 15) is 0 Å². The molecule has 0 saturated carbocycles. The number of hydrogen-bond donors (Lipinski definition) is 0. The molecule has 120 valence electrons. The summed E-state index contributed by atoms with van der Waals surface area (Å²) in [6.45, 7) is 0. The molecule has 0 N–H and O–H groups in total. The summed E-state index contributed by atoms with van der Waals surface area (Å²) >= 11 is 0. The van der Waals surface area contributed by atoms with Gasteiger partial charge in [0.05, 0.1) is 26.8 Å². The predicted octanol–water partition coefficient (Wildman–Crippen LogP) is 4.57. The van der Waals surface area contributed by atoms with Crippen molar-refractivity contribution in [2.45, 2.75) is 0 Å². The molecule has 4 aromatic rings. The van der Waals surface area contributed by atoms with Gasteiger partial charge in [0.25, 0.3) is 0 Å².